The molecule has 0 saturated heterocycles. The summed E-state index contributed by atoms with van der Waals surface area (Å²) in [5, 5.41) is 8.29. The number of ether oxygens (including phenoxy) is 1. The first kappa shape index (κ1) is 10.4. The molecule has 0 heterocycles. The lowest BCUT2D eigenvalue weighted by atomic mass is 10.2. The molecule has 0 bridgehead atoms. The second kappa shape index (κ2) is 4.34. The third-order valence-corrected chi connectivity index (χ3v) is 1.07. The molecule has 0 aliphatic rings. The fourth-order valence-electron chi connectivity index (χ4n) is 0.602. The molecule has 11 heavy (non-hydrogen) atoms. The molecule has 0 atom stereocenters. The summed E-state index contributed by atoms with van der Waals surface area (Å²) in [6.45, 7) is 6.38. The van der Waals surface area contributed by atoms with Crippen molar-refractivity contribution in [2.24, 2.45) is 0 Å². The molecule has 0 aromatic heterocycles. The van der Waals surface area contributed by atoms with Gasteiger partial charge in [0.25, 0.3) is 0 Å². The Morgan fingerprint density at radius 1 is 1.45 bits per heavy atom. The summed E-state index contributed by atoms with van der Waals surface area (Å²) >= 11 is 0. The number of carboxylic acid groups (broad SMARTS) is 1. The summed E-state index contributed by atoms with van der Waals surface area (Å²) in [7, 11) is 0. The molecular weight excluding hydrogens is 144 g/mol. The molecule has 1 N–H and O–H groups in total. The van der Waals surface area contributed by atoms with Crippen LogP contribution >= 0.6 is 0 Å². The molecule has 0 spiro atoms. The minimum Gasteiger partial charge on any atom is -0.481 e. The standard InChI is InChI=1S/C8H16O3/c1-8(2,3)11-6-4-5-7(9)10/h4-6H2,1-3H3,(H,9,10). The van der Waals surface area contributed by atoms with Crippen LogP contribution in [0.5, 0.6) is 0 Å². The van der Waals surface area contributed by atoms with Gasteiger partial charge in [0.15, 0.2) is 0 Å². The van der Waals surface area contributed by atoms with Gasteiger partial charge in [0.2, 0.25) is 0 Å². The Morgan fingerprint density at radius 3 is 2.36 bits per heavy atom. The average Bonchev–Trinajstić information content (AvgIpc) is 1.78. The maximum atomic E-state index is 10.1. The van der Waals surface area contributed by atoms with E-state index >= 15 is 0 Å². The molecule has 0 aromatic carbocycles. The smallest absolute Gasteiger partial charge is 0.303 e. The first-order valence-corrected chi connectivity index (χ1v) is 3.77. The van der Waals surface area contributed by atoms with E-state index in [0.717, 1.165) is 0 Å². The highest BCUT2D eigenvalue weighted by molar-refractivity contribution is 5.66. The zero-order valence-corrected chi connectivity index (χ0v) is 7.39. The van der Waals surface area contributed by atoms with Crippen molar-refractivity contribution < 1.29 is 14.6 Å². The van der Waals surface area contributed by atoms with E-state index in [1.54, 1.807) is 0 Å². The van der Waals surface area contributed by atoms with E-state index in [2.05, 4.69) is 0 Å². The van der Waals surface area contributed by atoms with Gasteiger partial charge in [-0.25, -0.2) is 0 Å². The van der Waals surface area contributed by atoms with Gasteiger partial charge in [-0.2, -0.15) is 0 Å². The van der Waals surface area contributed by atoms with Crippen LogP contribution in [0.25, 0.3) is 0 Å². The molecular formula is C8H16O3. The summed E-state index contributed by atoms with van der Waals surface area (Å²) in [6.07, 6.45) is 0.780. The molecule has 0 aliphatic heterocycles. The van der Waals surface area contributed by atoms with Crippen LogP contribution in [0.1, 0.15) is 33.6 Å². The molecule has 3 nitrogen and oxygen atoms in total. The predicted molar refractivity (Wildman–Crippen MR) is 42.6 cm³/mol. The molecule has 0 amide bonds. The molecule has 0 saturated carbocycles. The van der Waals surface area contributed by atoms with E-state index in [1.165, 1.54) is 0 Å². The van der Waals surface area contributed by atoms with Crippen LogP contribution in [0.2, 0.25) is 0 Å². The van der Waals surface area contributed by atoms with E-state index in [4.69, 9.17) is 9.84 Å². The molecule has 0 aromatic rings. The van der Waals surface area contributed by atoms with Crippen LogP contribution < -0.4 is 0 Å². The highest BCUT2D eigenvalue weighted by Gasteiger charge is 2.09. The summed E-state index contributed by atoms with van der Waals surface area (Å²) in [5.41, 5.74) is -0.154. The number of hydrogen-bond acceptors (Lipinski definition) is 2. The third kappa shape index (κ3) is 9.43. The fraction of sp³-hybridized carbons (Fsp3) is 0.875. The van der Waals surface area contributed by atoms with Crippen LogP contribution in [0.4, 0.5) is 0 Å². The Balaban J connectivity index is 3.22. The third-order valence-electron chi connectivity index (χ3n) is 1.07. The number of carboxylic acids is 1. The molecule has 0 fully saturated rings. The number of aliphatic carboxylic acids is 1. The van der Waals surface area contributed by atoms with Gasteiger partial charge in [-0.1, -0.05) is 0 Å². The van der Waals surface area contributed by atoms with E-state index in [0.29, 0.717) is 13.0 Å². The lowest BCUT2D eigenvalue weighted by molar-refractivity contribution is -0.137. The number of carbonyl (C=O) groups is 1. The lowest BCUT2D eigenvalue weighted by Crippen LogP contribution is -2.20. The van der Waals surface area contributed by atoms with Crippen molar-refractivity contribution in [1.29, 1.82) is 0 Å². The van der Waals surface area contributed by atoms with Crippen molar-refractivity contribution >= 4 is 5.97 Å². The van der Waals surface area contributed by atoms with E-state index < -0.39 is 5.97 Å². The normalized spacial score (nSPS) is 11.5. The van der Waals surface area contributed by atoms with Gasteiger partial charge < -0.3 is 9.84 Å². The Labute approximate surface area is 67.4 Å². The average molecular weight is 160 g/mol. The zero-order valence-electron chi connectivity index (χ0n) is 7.39. The van der Waals surface area contributed by atoms with Crippen molar-refractivity contribution in [3.05, 3.63) is 0 Å². The molecule has 0 aliphatic carbocycles. The van der Waals surface area contributed by atoms with Gasteiger partial charge in [0, 0.05) is 13.0 Å². The van der Waals surface area contributed by atoms with Crippen molar-refractivity contribution in [2.75, 3.05) is 6.61 Å². The topological polar surface area (TPSA) is 46.5 Å². The Bertz CT molecular complexity index is 124. The molecule has 3 heteroatoms. The van der Waals surface area contributed by atoms with Gasteiger partial charge in [0.1, 0.15) is 0 Å². The molecule has 0 radical (unpaired) electrons. The predicted octanol–water partition coefficient (Wildman–Crippen LogP) is 1.67. The van der Waals surface area contributed by atoms with Gasteiger partial charge >= 0.3 is 5.97 Å². The van der Waals surface area contributed by atoms with Gasteiger partial charge in [0.05, 0.1) is 5.60 Å². The first-order valence-electron chi connectivity index (χ1n) is 3.77. The van der Waals surface area contributed by atoms with Crippen molar-refractivity contribution in [3.8, 4) is 0 Å². The minimum atomic E-state index is -0.762. The molecule has 0 unspecified atom stereocenters. The SMILES string of the molecule is CC(C)(C)OCCCC(=O)O. The minimum absolute atomic E-state index is 0.154. The number of hydrogen-bond donors (Lipinski definition) is 1. The van der Waals surface area contributed by atoms with Crippen LogP contribution in [0.3, 0.4) is 0 Å². The van der Waals surface area contributed by atoms with Crippen molar-refractivity contribution in [3.63, 3.8) is 0 Å². The summed E-state index contributed by atoms with van der Waals surface area (Å²) in [6, 6.07) is 0. The van der Waals surface area contributed by atoms with Crippen LogP contribution in [0.15, 0.2) is 0 Å². The van der Waals surface area contributed by atoms with Crippen LogP contribution in [-0.2, 0) is 9.53 Å². The van der Waals surface area contributed by atoms with Crippen molar-refractivity contribution in [2.45, 2.75) is 39.2 Å². The molecule has 66 valence electrons. The highest BCUT2D eigenvalue weighted by atomic mass is 16.5. The quantitative estimate of drug-likeness (QED) is 0.636. The van der Waals surface area contributed by atoms with Gasteiger partial charge in [-0.15, -0.1) is 0 Å². The number of rotatable bonds is 4. The first-order chi connectivity index (χ1) is 4.92. The second-order valence-corrected chi connectivity index (χ2v) is 3.46. The van der Waals surface area contributed by atoms with E-state index in [1.807, 2.05) is 20.8 Å². The van der Waals surface area contributed by atoms with Crippen LogP contribution in [-0.4, -0.2) is 23.3 Å². The van der Waals surface area contributed by atoms with Crippen molar-refractivity contribution in [1.82, 2.24) is 0 Å². The largest absolute Gasteiger partial charge is 0.481 e. The Morgan fingerprint density at radius 2 is 2.00 bits per heavy atom. The molecule has 0 rings (SSSR count). The fourth-order valence-corrected chi connectivity index (χ4v) is 0.602. The zero-order chi connectivity index (χ0) is 8.91. The highest BCUT2D eigenvalue weighted by Crippen LogP contribution is 2.07. The maximum absolute atomic E-state index is 10.1. The maximum Gasteiger partial charge on any atom is 0.303 e. The Hall–Kier alpha value is -0.570. The van der Waals surface area contributed by atoms with E-state index in [9.17, 15) is 4.79 Å². The summed E-state index contributed by atoms with van der Waals surface area (Å²) in [5.74, 6) is -0.762. The van der Waals surface area contributed by atoms with E-state index in [-0.39, 0.29) is 12.0 Å². The lowest BCUT2D eigenvalue weighted by Gasteiger charge is -2.18. The summed E-state index contributed by atoms with van der Waals surface area (Å²) < 4.78 is 5.32. The van der Waals surface area contributed by atoms with Gasteiger partial charge in [-0.05, 0) is 27.2 Å². The second-order valence-electron chi connectivity index (χ2n) is 3.46. The van der Waals surface area contributed by atoms with Gasteiger partial charge in [-0.3, -0.25) is 4.79 Å². The summed E-state index contributed by atoms with van der Waals surface area (Å²) in [4.78, 5) is 10.1. The Kier molecular flexibility index (Phi) is 4.11. The monoisotopic (exact) mass is 160 g/mol. The van der Waals surface area contributed by atoms with Crippen LogP contribution in [0, 0.1) is 0 Å².